The topological polar surface area (TPSA) is 193 Å². The van der Waals surface area contributed by atoms with Crippen LogP contribution in [0.3, 0.4) is 0 Å². The van der Waals surface area contributed by atoms with E-state index in [1.807, 2.05) is 76.5 Å². The van der Waals surface area contributed by atoms with Crippen molar-refractivity contribution in [3.63, 3.8) is 0 Å². The lowest BCUT2D eigenvalue weighted by Crippen LogP contribution is -2.58. The number of nitrogens with two attached hydrogens (primary N) is 2. The van der Waals surface area contributed by atoms with Gasteiger partial charge < -0.3 is 41.7 Å². The molecule has 13 nitrogen and oxygen atoms in total. The van der Waals surface area contributed by atoms with Crippen LogP contribution in [-0.2, 0) is 37.1 Å². The number of primary amides is 1. The second kappa shape index (κ2) is 19.2. The number of likely N-dealkylation sites (tertiary alicyclic amines) is 1. The summed E-state index contributed by atoms with van der Waals surface area (Å²) < 4.78 is 5.93. The number of nitrogens with zero attached hydrogens (tertiary/aromatic N) is 3. The van der Waals surface area contributed by atoms with Crippen LogP contribution >= 0.6 is 11.3 Å². The summed E-state index contributed by atoms with van der Waals surface area (Å²) in [5, 5.41) is 16.6. The van der Waals surface area contributed by atoms with Gasteiger partial charge in [0.15, 0.2) is 0 Å². The van der Waals surface area contributed by atoms with E-state index in [0.717, 1.165) is 58.9 Å². The average molecular weight is 790 g/mol. The number of carbonyl (C=O) groups excluding carboxylic acids is 4. The van der Waals surface area contributed by atoms with Crippen molar-refractivity contribution < 1.29 is 29.0 Å². The second-order valence-corrected chi connectivity index (χ2v) is 17.3. The Morgan fingerprint density at radius 3 is 2.30 bits per heavy atom. The third kappa shape index (κ3) is 11.6. The van der Waals surface area contributed by atoms with Gasteiger partial charge in [-0.2, -0.15) is 0 Å². The molecular weight excluding hydrogens is 731 g/mol. The Bertz CT molecular complexity index is 1790. The number of thiazole rings is 1. The Balaban J connectivity index is 1.09. The number of aliphatic hydroxyl groups is 1. The predicted octanol–water partition coefficient (Wildman–Crippen LogP) is 4.03. The summed E-state index contributed by atoms with van der Waals surface area (Å²) in [4.78, 5) is 61.3. The summed E-state index contributed by atoms with van der Waals surface area (Å²) >= 11 is 1.58. The fourth-order valence-electron chi connectivity index (χ4n) is 7.36. The van der Waals surface area contributed by atoms with Gasteiger partial charge in [-0.05, 0) is 73.3 Å². The van der Waals surface area contributed by atoms with Gasteiger partial charge in [0, 0.05) is 57.2 Å². The van der Waals surface area contributed by atoms with E-state index in [4.69, 9.17) is 16.2 Å². The van der Waals surface area contributed by atoms with Crippen LogP contribution in [0.5, 0.6) is 0 Å². The molecule has 3 aromatic rings. The predicted molar refractivity (Wildman–Crippen MR) is 218 cm³/mol. The minimum absolute atomic E-state index is 0.0282. The van der Waals surface area contributed by atoms with E-state index in [-0.39, 0.29) is 67.6 Å². The molecule has 5 rings (SSSR count). The van der Waals surface area contributed by atoms with Crippen LogP contribution in [-0.4, -0.2) is 88.6 Å². The number of ether oxygens (including phenoxy) is 1. The van der Waals surface area contributed by atoms with E-state index < -0.39 is 23.6 Å². The average Bonchev–Trinajstić information content (AvgIpc) is 3.79. The number of nitrogens with one attached hydrogen (secondary N) is 2. The monoisotopic (exact) mass is 789 g/mol. The first-order valence-electron chi connectivity index (χ1n) is 19.6. The molecule has 2 aliphatic heterocycles. The quantitative estimate of drug-likeness (QED) is 0.143. The summed E-state index contributed by atoms with van der Waals surface area (Å²) in [6.45, 7) is 11.9. The van der Waals surface area contributed by atoms with E-state index >= 15 is 0 Å². The molecule has 0 aliphatic carbocycles. The Morgan fingerprint density at radius 1 is 1.04 bits per heavy atom. The minimum Gasteiger partial charge on any atom is -0.391 e. The van der Waals surface area contributed by atoms with E-state index in [1.165, 1.54) is 4.90 Å². The lowest BCUT2D eigenvalue weighted by molar-refractivity contribution is -0.144. The molecule has 4 amide bonds. The Labute approximate surface area is 334 Å². The molecule has 7 N–H and O–H groups in total. The highest BCUT2D eigenvalue weighted by Gasteiger charge is 2.44. The number of amides is 4. The third-order valence-electron chi connectivity index (χ3n) is 10.9. The molecule has 1 aromatic heterocycles. The number of β-amino-alcohol motifs (C(OH)–C–C–N with tert-alkyl or cyclic N) is 1. The highest BCUT2D eigenvalue weighted by atomic mass is 32.1. The number of benzene rings is 2. The number of anilines is 1. The van der Waals surface area contributed by atoms with Crippen molar-refractivity contribution in [2.45, 2.75) is 117 Å². The van der Waals surface area contributed by atoms with Gasteiger partial charge in [-0.1, -0.05) is 57.2 Å². The molecule has 14 heteroatoms. The van der Waals surface area contributed by atoms with Gasteiger partial charge in [-0.3, -0.25) is 19.2 Å². The maximum absolute atomic E-state index is 14.1. The summed E-state index contributed by atoms with van der Waals surface area (Å²) in [7, 11) is 0. The summed E-state index contributed by atoms with van der Waals surface area (Å²) in [5.74, 6) is -1.09. The number of hydrogen-bond acceptors (Lipinski definition) is 10. The molecule has 0 bridgehead atoms. The van der Waals surface area contributed by atoms with E-state index in [1.54, 1.807) is 11.3 Å². The first-order valence-corrected chi connectivity index (χ1v) is 20.5. The number of aromatic nitrogens is 1. The van der Waals surface area contributed by atoms with Crippen LogP contribution in [0.25, 0.3) is 10.4 Å². The molecule has 0 spiro atoms. The second-order valence-electron chi connectivity index (χ2n) is 16.4. The molecule has 0 radical (unpaired) electrons. The largest absolute Gasteiger partial charge is 0.391 e. The highest BCUT2D eigenvalue weighted by molar-refractivity contribution is 7.13. The molecule has 5 atom stereocenters. The molecule has 304 valence electrons. The van der Waals surface area contributed by atoms with Crippen LogP contribution in [0.4, 0.5) is 5.69 Å². The van der Waals surface area contributed by atoms with Crippen molar-refractivity contribution in [2.75, 3.05) is 24.5 Å². The fourth-order valence-corrected chi connectivity index (χ4v) is 8.17. The van der Waals surface area contributed by atoms with E-state index in [0.29, 0.717) is 19.4 Å². The Kier molecular flexibility index (Phi) is 14.6. The van der Waals surface area contributed by atoms with Crippen molar-refractivity contribution in [1.82, 2.24) is 20.5 Å². The number of carbonyl (C=O) groups is 4. The number of aliphatic hydroxyl groups excluding tert-OH is 1. The molecule has 0 unspecified atom stereocenters. The molecule has 2 fully saturated rings. The Hall–Kier alpha value is -4.37. The zero-order chi connectivity index (χ0) is 40.6. The SMILES string of the molecule is Cc1ncsc1-c1ccc(CNC(=O)[C@@H]2C[C@@H](O)CN2C(=O)[C@@H](NC(=O)CC2CCN(c3ccc(CO[C@H](C)[C@@H](N)CCC(N)=O)cc3)CC2)C(C)(C)C)cc1. The molecule has 3 heterocycles. The molecule has 56 heavy (non-hydrogen) atoms. The van der Waals surface area contributed by atoms with E-state index in [2.05, 4.69) is 32.7 Å². The molecule has 2 saturated heterocycles. The van der Waals surface area contributed by atoms with Crippen LogP contribution in [0, 0.1) is 18.3 Å². The molecular formula is C42H59N7O6S. The first-order chi connectivity index (χ1) is 26.6. The zero-order valence-electron chi connectivity index (χ0n) is 33.3. The van der Waals surface area contributed by atoms with Crippen molar-refractivity contribution in [3.05, 3.63) is 70.9 Å². The van der Waals surface area contributed by atoms with Crippen molar-refractivity contribution in [2.24, 2.45) is 22.8 Å². The third-order valence-corrected chi connectivity index (χ3v) is 11.9. The fraction of sp³-hybridized carbons (Fsp3) is 0.548. The molecule has 2 aromatic carbocycles. The van der Waals surface area contributed by atoms with Gasteiger partial charge in [0.25, 0.3) is 0 Å². The van der Waals surface area contributed by atoms with Gasteiger partial charge >= 0.3 is 0 Å². The van der Waals surface area contributed by atoms with Crippen molar-refractivity contribution in [3.8, 4) is 10.4 Å². The Morgan fingerprint density at radius 2 is 1.70 bits per heavy atom. The minimum atomic E-state index is -0.866. The lowest BCUT2D eigenvalue weighted by atomic mass is 9.85. The van der Waals surface area contributed by atoms with Crippen LogP contribution in [0.15, 0.2) is 54.0 Å². The molecule has 0 saturated carbocycles. The van der Waals surface area contributed by atoms with Gasteiger partial charge in [0.05, 0.1) is 34.9 Å². The summed E-state index contributed by atoms with van der Waals surface area (Å²) in [6, 6.07) is 14.2. The van der Waals surface area contributed by atoms with Gasteiger partial charge in [0.2, 0.25) is 23.6 Å². The van der Waals surface area contributed by atoms with Crippen molar-refractivity contribution in [1.29, 1.82) is 0 Å². The number of hydrogen-bond donors (Lipinski definition) is 5. The van der Waals surface area contributed by atoms with Crippen LogP contribution in [0.1, 0.15) is 83.0 Å². The standard InChI is InChI=1S/C42H59N7O6S/c1-26-38(56-25-46-26)31-10-6-29(7-11-31)22-45-40(53)35-21-33(50)23-49(35)41(54)39(42(3,4)5)47-37(52)20-28-16-18-48(19-17-28)32-12-8-30(9-13-32)24-55-27(2)34(43)14-15-36(44)51/h6-13,25,27-28,33-35,39,50H,14-24,43H2,1-5H3,(H2,44,51)(H,45,53)(H,47,52)/t27-,33-,34+,35+,39-/m1/s1. The van der Waals surface area contributed by atoms with Crippen LogP contribution < -0.4 is 27.0 Å². The smallest absolute Gasteiger partial charge is 0.246 e. The first kappa shape index (κ1) is 42.8. The van der Waals surface area contributed by atoms with Crippen LogP contribution in [0.2, 0.25) is 0 Å². The lowest BCUT2D eigenvalue weighted by Gasteiger charge is -2.36. The summed E-state index contributed by atoms with van der Waals surface area (Å²) in [6.07, 6.45) is 1.78. The zero-order valence-corrected chi connectivity index (χ0v) is 34.1. The maximum atomic E-state index is 14.1. The number of rotatable bonds is 16. The van der Waals surface area contributed by atoms with Gasteiger partial charge in [0.1, 0.15) is 12.1 Å². The molecule has 2 aliphatic rings. The highest BCUT2D eigenvalue weighted by Crippen LogP contribution is 2.30. The van der Waals surface area contributed by atoms with Gasteiger partial charge in [-0.25, -0.2) is 4.98 Å². The van der Waals surface area contributed by atoms with Crippen molar-refractivity contribution >= 4 is 40.7 Å². The number of piperidine rings is 1. The maximum Gasteiger partial charge on any atom is 0.246 e. The van der Waals surface area contributed by atoms with Gasteiger partial charge in [-0.15, -0.1) is 11.3 Å². The van der Waals surface area contributed by atoms with E-state index in [9.17, 15) is 24.3 Å². The normalized spacial score (nSPS) is 19.3. The summed E-state index contributed by atoms with van der Waals surface area (Å²) in [5.41, 5.74) is 17.6. The number of aryl methyl sites for hydroxylation is 1.